The molecule has 3 rings (SSSR count). The summed E-state index contributed by atoms with van der Waals surface area (Å²) in [6.07, 6.45) is -0.319. The van der Waals surface area contributed by atoms with Gasteiger partial charge in [0, 0.05) is 17.6 Å². The third kappa shape index (κ3) is 2.64. The summed E-state index contributed by atoms with van der Waals surface area (Å²) in [5.41, 5.74) is 9.41. The Labute approximate surface area is 130 Å². The van der Waals surface area contributed by atoms with Gasteiger partial charge in [-0.15, -0.1) is 0 Å². The first kappa shape index (κ1) is 14.4. The van der Waals surface area contributed by atoms with E-state index in [1.165, 1.54) is 0 Å². The second kappa shape index (κ2) is 5.37. The van der Waals surface area contributed by atoms with Gasteiger partial charge in [0.25, 0.3) is 0 Å². The molecule has 0 atom stereocenters. The first-order chi connectivity index (χ1) is 10.5. The number of nitrogen functional groups attached to an aromatic ring is 1. The molecule has 1 aliphatic heterocycles. The number of fused-ring (bicyclic) bond motifs is 1. The highest BCUT2D eigenvalue weighted by Gasteiger charge is 2.38. The van der Waals surface area contributed by atoms with Crippen LogP contribution in [-0.2, 0) is 16.8 Å². The maximum atomic E-state index is 12.4. The van der Waals surface area contributed by atoms with E-state index < -0.39 is 0 Å². The maximum Gasteiger partial charge on any atom is 0.414 e. The summed E-state index contributed by atoms with van der Waals surface area (Å²) in [7, 11) is 0. The Hall–Kier alpha value is -2.49. The predicted octanol–water partition coefficient (Wildman–Crippen LogP) is 3.70. The molecule has 0 fully saturated rings. The van der Waals surface area contributed by atoms with Crippen molar-refractivity contribution < 1.29 is 9.53 Å². The molecular formula is C18H20N2O2. The zero-order valence-corrected chi connectivity index (χ0v) is 12.9. The van der Waals surface area contributed by atoms with E-state index in [1.54, 1.807) is 4.90 Å². The quantitative estimate of drug-likeness (QED) is 0.860. The average molecular weight is 296 g/mol. The molecule has 2 N–H and O–H groups in total. The average Bonchev–Trinajstić information content (AvgIpc) is 2.77. The van der Waals surface area contributed by atoms with Gasteiger partial charge in [-0.25, -0.2) is 4.79 Å². The highest BCUT2D eigenvalue weighted by molar-refractivity contribution is 5.91. The van der Waals surface area contributed by atoms with Gasteiger partial charge in [-0.3, -0.25) is 4.90 Å². The Balaban J connectivity index is 1.77. The summed E-state index contributed by atoms with van der Waals surface area (Å²) in [4.78, 5) is 14.1. The van der Waals surface area contributed by atoms with E-state index in [0.717, 1.165) is 16.8 Å². The van der Waals surface area contributed by atoms with Crippen LogP contribution in [0.1, 0.15) is 25.0 Å². The highest BCUT2D eigenvalue weighted by Crippen LogP contribution is 2.41. The number of nitrogens with zero attached hydrogens (tertiary/aromatic N) is 1. The van der Waals surface area contributed by atoms with E-state index in [1.807, 2.05) is 48.5 Å². The lowest BCUT2D eigenvalue weighted by molar-refractivity contribution is 0.147. The Morgan fingerprint density at radius 3 is 2.68 bits per heavy atom. The lowest BCUT2D eigenvalue weighted by Crippen LogP contribution is -2.34. The fraction of sp³-hybridized carbons (Fsp3) is 0.278. The number of ether oxygens (including phenoxy) is 1. The molecule has 4 nitrogen and oxygen atoms in total. The van der Waals surface area contributed by atoms with Gasteiger partial charge in [-0.05, 0) is 29.3 Å². The number of nitrogens with two attached hydrogens (primary N) is 1. The summed E-state index contributed by atoms with van der Waals surface area (Å²) in [6.45, 7) is 5.09. The number of carbonyl (C=O) groups is 1. The summed E-state index contributed by atoms with van der Waals surface area (Å²) in [5.74, 6) is 0. The molecule has 1 aliphatic rings. The Morgan fingerprint density at radius 2 is 1.95 bits per heavy atom. The zero-order chi connectivity index (χ0) is 15.7. The van der Waals surface area contributed by atoms with Crippen LogP contribution in [0.3, 0.4) is 0 Å². The molecular weight excluding hydrogens is 276 g/mol. The molecule has 0 saturated heterocycles. The lowest BCUT2D eigenvalue weighted by atomic mass is 9.87. The smallest absolute Gasteiger partial charge is 0.414 e. The predicted molar refractivity (Wildman–Crippen MR) is 87.9 cm³/mol. The molecule has 2 aromatic rings. The number of amides is 1. The van der Waals surface area contributed by atoms with Gasteiger partial charge in [0.2, 0.25) is 0 Å². The maximum absolute atomic E-state index is 12.4. The number of anilines is 2. The van der Waals surface area contributed by atoms with Crippen LogP contribution in [0.15, 0.2) is 48.5 Å². The molecule has 0 spiro atoms. The normalized spacial score (nSPS) is 15.5. The molecule has 2 aromatic carbocycles. The summed E-state index contributed by atoms with van der Waals surface area (Å²) in [6, 6.07) is 15.3. The number of hydrogen-bond donors (Lipinski definition) is 1. The Morgan fingerprint density at radius 1 is 1.23 bits per heavy atom. The van der Waals surface area contributed by atoms with E-state index in [9.17, 15) is 4.79 Å². The topological polar surface area (TPSA) is 55.6 Å². The van der Waals surface area contributed by atoms with Crippen molar-refractivity contribution in [1.29, 1.82) is 0 Å². The van der Waals surface area contributed by atoms with Crippen LogP contribution in [0.4, 0.5) is 16.2 Å². The third-order valence-corrected chi connectivity index (χ3v) is 4.02. The van der Waals surface area contributed by atoms with Gasteiger partial charge in [-0.2, -0.15) is 0 Å². The largest absolute Gasteiger partial charge is 0.444 e. The number of rotatable bonds is 2. The van der Waals surface area contributed by atoms with Crippen molar-refractivity contribution in [3.05, 3.63) is 59.7 Å². The summed E-state index contributed by atoms with van der Waals surface area (Å²) < 4.78 is 5.45. The van der Waals surface area contributed by atoms with Crippen LogP contribution in [0.25, 0.3) is 0 Å². The van der Waals surface area contributed by atoms with Gasteiger partial charge in [-0.1, -0.05) is 44.2 Å². The molecule has 22 heavy (non-hydrogen) atoms. The van der Waals surface area contributed by atoms with E-state index in [0.29, 0.717) is 12.2 Å². The summed E-state index contributed by atoms with van der Waals surface area (Å²) in [5, 5.41) is 0. The van der Waals surface area contributed by atoms with Crippen molar-refractivity contribution in [1.82, 2.24) is 0 Å². The van der Waals surface area contributed by atoms with Crippen LogP contribution in [0.5, 0.6) is 0 Å². The second-order valence-electron chi connectivity index (χ2n) is 6.29. The minimum atomic E-state index is -0.319. The van der Waals surface area contributed by atoms with Crippen LogP contribution in [-0.4, -0.2) is 12.6 Å². The third-order valence-electron chi connectivity index (χ3n) is 4.02. The van der Waals surface area contributed by atoms with Crippen molar-refractivity contribution in [2.45, 2.75) is 25.9 Å². The highest BCUT2D eigenvalue weighted by atomic mass is 16.6. The summed E-state index contributed by atoms with van der Waals surface area (Å²) >= 11 is 0. The standard InChI is InChI=1S/C18H20N2O2/c1-18(2)12-20(16-9-8-14(19)10-15(16)18)17(21)22-11-13-6-4-3-5-7-13/h3-10H,11-12,19H2,1-2H3. The van der Waals surface area contributed by atoms with Gasteiger partial charge in [0.15, 0.2) is 0 Å². The molecule has 0 unspecified atom stereocenters. The fourth-order valence-corrected chi connectivity index (χ4v) is 2.86. The molecule has 4 heteroatoms. The molecule has 0 aliphatic carbocycles. The van der Waals surface area contributed by atoms with E-state index in [4.69, 9.17) is 10.5 Å². The molecule has 0 bridgehead atoms. The second-order valence-corrected chi connectivity index (χ2v) is 6.29. The molecule has 1 amide bonds. The molecule has 0 radical (unpaired) electrons. The Bertz CT molecular complexity index is 695. The van der Waals surface area contributed by atoms with E-state index >= 15 is 0 Å². The lowest BCUT2D eigenvalue weighted by Gasteiger charge is -2.20. The van der Waals surface area contributed by atoms with Crippen molar-refractivity contribution in [3.8, 4) is 0 Å². The first-order valence-corrected chi connectivity index (χ1v) is 7.35. The number of hydrogen-bond acceptors (Lipinski definition) is 3. The van der Waals surface area contributed by atoms with Crippen molar-refractivity contribution in [2.75, 3.05) is 17.2 Å². The van der Waals surface area contributed by atoms with Crippen molar-refractivity contribution >= 4 is 17.5 Å². The molecule has 1 heterocycles. The first-order valence-electron chi connectivity index (χ1n) is 7.35. The van der Waals surface area contributed by atoms with Crippen LogP contribution < -0.4 is 10.6 Å². The minimum Gasteiger partial charge on any atom is -0.444 e. The van der Waals surface area contributed by atoms with Gasteiger partial charge in [0.05, 0.1) is 5.69 Å². The molecule has 114 valence electrons. The zero-order valence-electron chi connectivity index (χ0n) is 12.9. The molecule has 0 aromatic heterocycles. The van der Waals surface area contributed by atoms with Gasteiger partial charge >= 0.3 is 6.09 Å². The monoisotopic (exact) mass is 296 g/mol. The van der Waals surface area contributed by atoms with E-state index in [-0.39, 0.29) is 18.1 Å². The van der Waals surface area contributed by atoms with Crippen molar-refractivity contribution in [2.24, 2.45) is 0 Å². The van der Waals surface area contributed by atoms with Gasteiger partial charge < -0.3 is 10.5 Å². The molecule has 0 saturated carbocycles. The Kier molecular flexibility index (Phi) is 3.53. The number of carbonyl (C=O) groups excluding carboxylic acids is 1. The fourth-order valence-electron chi connectivity index (χ4n) is 2.86. The van der Waals surface area contributed by atoms with Crippen LogP contribution in [0.2, 0.25) is 0 Å². The van der Waals surface area contributed by atoms with Crippen LogP contribution >= 0.6 is 0 Å². The number of benzene rings is 2. The SMILES string of the molecule is CC1(C)CN(C(=O)OCc2ccccc2)c2ccc(N)cc21. The van der Waals surface area contributed by atoms with Crippen molar-refractivity contribution in [3.63, 3.8) is 0 Å². The van der Waals surface area contributed by atoms with Crippen LogP contribution in [0, 0.1) is 0 Å². The van der Waals surface area contributed by atoms with Gasteiger partial charge in [0.1, 0.15) is 6.61 Å². The van der Waals surface area contributed by atoms with E-state index in [2.05, 4.69) is 13.8 Å². The minimum absolute atomic E-state index is 0.128.